The quantitative estimate of drug-likeness (QED) is 0.777. The van der Waals surface area contributed by atoms with E-state index in [0.717, 1.165) is 0 Å². The zero-order valence-electron chi connectivity index (χ0n) is 8.60. The zero-order valence-corrected chi connectivity index (χ0v) is 8.60. The molecule has 0 saturated carbocycles. The number of carbonyl (C=O) groups is 1. The van der Waals surface area contributed by atoms with Crippen molar-refractivity contribution in [1.29, 1.82) is 0 Å². The van der Waals surface area contributed by atoms with Gasteiger partial charge in [-0.15, -0.1) is 0 Å². The molecule has 1 fully saturated rings. The average molecular weight is 224 g/mol. The van der Waals surface area contributed by atoms with E-state index in [1.807, 2.05) is 0 Å². The second-order valence-corrected chi connectivity index (χ2v) is 3.61. The van der Waals surface area contributed by atoms with Crippen molar-refractivity contribution in [2.75, 3.05) is 19.6 Å². The fraction of sp³-hybridized carbons (Fsp3) is 0.889. The summed E-state index contributed by atoms with van der Waals surface area (Å²) in [6.07, 6.45) is -5.71. The molecular formula is C9H15F3N2O. The van der Waals surface area contributed by atoms with Gasteiger partial charge >= 0.3 is 6.18 Å². The highest BCUT2D eigenvalue weighted by molar-refractivity contribution is 5.76. The van der Waals surface area contributed by atoms with Crippen LogP contribution in [-0.4, -0.2) is 42.7 Å². The lowest BCUT2D eigenvalue weighted by atomic mass is 10.1. The number of hydrogen-bond acceptors (Lipinski definition) is 2. The van der Waals surface area contributed by atoms with Crippen molar-refractivity contribution in [2.45, 2.75) is 32.0 Å². The minimum absolute atomic E-state index is 0.0794. The largest absolute Gasteiger partial charge is 0.389 e. The molecule has 6 heteroatoms. The van der Waals surface area contributed by atoms with Gasteiger partial charge in [-0.05, 0) is 6.92 Å². The third-order valence-corrected chi connectivity index (χ3v) is 2.48. The molecule has 1 saturated heterocycles. The first-order chi connectivity index (χ1) is 6.94. The summed E-state index contributed by atoms with van der Waals surface area (Å²) in [5.74, 6) is -0.402. The maximum atomic E-state index is 11.9. The van der Waals surface area contributed by atoms with Gasteiger partial charge in [0.1, 0.15) is 0 Å². The Morgan fingerprint density at radius 3 is 2.40 bits per heavy atom. The summed E-state index contributed by atoms with van der Waals surface area (Å²) in [6.45, 7) is 3.63. The standard InChI is InChI=1S/C9H15F3N2O/c1-2-14(7-5-13-6-7)8(15)3-4-9(10,11)12/h7,13H,2-6H2,1H3. The second-order valence-electron chi connectivity index (χ2n) is 3.61. The van der Waals surface area contributed by atoms with Crippen LogP contribution in [0.4, 0.5) is 13.2 Å². The van der Waals surface area contributed by atoms with Gasteiger partial charge in [-0.1, -0.05) is 0 Å². The highest BCUT2D eigenvalue weighted by atomic mass is 19.4. The van der Waals surface area contributed by atoms with Gasteiger partial charge in [-0.3, -0.25) is 4.79 Å². The SMILES string of the molecule is CCN(C(=O)CCC(F)(F)F)C1CNC1. The first kappa shape index (κ1) is 12.3. The number of nitrogens with one attached hydrogen (secondary N) is 1. The zero-order chi connectivity index (χ0) is 11.5. The summed E-state index contributed by atoms with van der Waals surface area (Å²) in [5.41, 5.74) is 0. The van der Waals surface area contributed by atoms with Gasteiger partial charge in [0.05, 0.1) is 12.5 Å². The van der Waals surface area contributed by atoms with Crippen molar-refractivity contribution in [3.63, 3.8) is 0 Å². The van der Waals surface area contributed by atoms with Crippen LogP contribution in [0.25, 0.3) is 0 Å². The van der Waals surface area contributed by atoms with Crippen LogP contribution in [0.15, 0.2) is 0 Å². The van der Waals surface area contributed by atoms with Gasteiger partial charge in [0, 0.05) is 26.1 Å². The molecule has 1 heterocycles. The fourth-order valence-corrected chi connectivity index (χ4v) is 1.52. The smallest absolute Gasteiger partial charge is 0.337 e. The molecule has 3 nitrogen and oxygen atoms in total. The Labute approximate surface area is 86.6 Å². The fourth-order valence-electron chi connectivity index (χ4n) is 1.52. The maximum absolute atomic E-state index is 11.9. The third kappa shape index (κ3) is 3.70. The van der Waals surface area contributed by atoms with Crippen molar-refractivity contribution in [2.24, 2.45) is 0 Å². The summed E-state index contributed by atoms with van der Waals surface area (Å²) in [7, 11) is 0. The summed E-state index contributed by atoms with van der Waals surface area (Å²) >= 11 is 0. The molecule has 0 aromatic heterocycles. The monoisotopic (exact) mass is 224 g/mol. The Morgan fingerprint density at radius 1 is 1.47 bits per heavy atom. The Hall–Kier alpha value is -0.780. The van der Waals surface area contributed by atoms with Gasteiger partial charge < -0.3 is 10.2 Å². The van der Waals surface area contributed by atoms with Gasteiger partial charge in [-0.25, -0.2) is 0 Å². The van der Waals surface area contributed by atoms with E-state index >= 15 is 0 Å². The van der Waals surface area contributed by atoms with E-state index in [9.17, 15) is 18.0 Å². The Balaban J connectivity index is 2.36. The molecule has 1 amide bonds. The first-order valence-corrected chi connectivity index (χ1v) is 5.01. The van der Waals surface area contributed by atoms with Crippen LogP contribution in [0.2, 0.25) is 0 Å². The van der Waals surface area contributed by atoms with E-state index in [1.54, 1.807) is 6.92 Å². The third-order valence-electron chi connectivity index (χ3n) is 2.48. The van der Waals surface area contributed by atoms with Gasteiger partial charge in [0.25, 0.3) is 0 Å². The molecule has 0 atom stereocenters. The summed E-state index contributed by atoms with van der Waals surface area (Å²) < 4.78 is 35.7. The highest BCUT2D eigenvalue weighted by Crippen LogP contribution is 2.22. The molecule has 0 aromatic rings. The van der Waals surface area contributed by atoms with E-state index in [0.29, 0.717) is 19.6 Å². The van der Waals surface area contributed by atoms with Gasteiger partial charge in [0.15, 0.2) is 0 Å². The number of alkyl halides is 3. The molecule has 1 rings (SSSR count). The molecule has 15 heavy (non-hydrogen) atoms. The number of halogens is 3. The van der Waals surface area contributed by atoms with Crippen molar-refractivity contribution in [3.05, 3.63) is 0 Å². The number of amides is 1. The van der Waals surface area contributed by atoms with E-state index in [1.165, 1.54) is 4.90 Å². The number of likely N-dealkylation sites (N-methyl/N-ethyl adjacent to an activating group) is 1. The van der Waals surface area contributed by atoms with Crippen molar-refractivity contribution in [3.8, 4) is 0 Å². The van der Waals surface area contributed by atoms with Crippen LogP contribution < -0.4 is 5.32 Å². The van der Waals surface area contributed by atoms with E-state index in [-0.39, 0.29) is 6.04 Å². The highest BCUT2D eigenvalue weighted by Gasteiger charge is 2.32. The Morgan fingerprint density at radius 2 is 2.07 bits per heavy atom. The van der Waals surface area contributed by atoms with Crippen molar-refractivity contribution >= 4 is 5.91 Å². The topological polar surface area (TPSA) is 32.3 Å². The minimum atomic E-state index is -4.24. The minimum Gasteiger partial charge on any atom is -0.337 e. The summed E-state index contributed by atoms with van der Waals surface area (Å²) in [4.78, 5) is 13.0. The molecule has 0 spiro atoms. The average Bonchev–Trinajstić information content (AvgIpc) is 2.05. The first-order valence-electron chi connectivity index (χ1n) is 5.01. The predicted molar refractivity (Wildman–Crippen MR) is 49.3 cm³/mol. The van der Waals surface area contributed by atoms with E-state index < -0.39 is 24.9 Å². The second kappa shape index (κ2) is 4.83. The van der Waals surface area contributed by atoms with E-state index in [4.69, 9.17) is 0 Å². The number of rotatable bonds is 4. The Kier molecular flexibility index (Phi) is 3.96. The normalized spacial score (nSPS) is 17.3. The number of nitrogens with zero attached hydrogens (tertiary/aromatic N) is 1. The summed E-state index contributed by atoms with van der Waals surface area (Å²) in [5, 5.41) is 2.99. The van der Waals surface area contributed by atoms with Crippen LogP contribution in [0.5, 0.6) is 0 Å². The molecule has 0 aliphatic carbocycles. The van der Waals surface area contributed by atoms with Crippen LogP contribution in [0.3, 0.4) is 0 Å². The Bertz CT molecular complexity index is 226. The van der Waals surface area contributed by atoms with Crippen LogP contribution in [0.1, 0.15) is 19.8 Å². The molecule has 0 aromatic carbocycles. The number of carbonyl (C=O) groups excluding carboxylic acids is 1. The van der Waals surface area contributed by atoms with E-state index in [2.05, 4.69) is 5.32 Å². The molecule has 88 valence electrons. The molecule has 1 aliphatic rings. The van der Waals surface area contributed by atoms with Crippen LogP contribution in [-0.2, 0) is 4.79 Å². The van der Waals surface area contributed by atoms with Crippen LogP contribution in [0, 0.1) is 0 Å². The molecule has 1 aliphatic heterocycles. The van der Waals surface area contributed by atoms with Crippen LogP contribution >= 0.6 is 0 Å². The molecule has 0 bridgehead atoms. The molecule has 0 radical (unpaired) electrons. The molecular weight excluding hydrogens is 209 g/mol. The predicted octanol–water partition coefficient (Wildman–Crippen LogP) is 1.15. The molecule has 0 unspecified atom stereocenters. The van der Waals surface area contributed by atoms with Gasteiger partial charge in [-0.2, -0.15) is 13.2 Å². The lowest BCUT2D eigenvalue weighted by Crippen LogP contribution is -2.58. The lowest BCUT2D eigenvalue weighted by Gasteiger charge is -2.37. The lowest BCUT2D eigenvalue weighted by molar-refractivity contribution is -0.150. The van der Waals surface area contributed by atoms with Crippen molar-refractivity contribution in [1.82, 2.24) is 10.2 Å². The summed E-state index contributed by atoms with van der Waals surface area (Å²) in [6, 6.07) is 0.0794. The van der Waals surface area contributed by atoms with Gasteiger partial charge in [0.2, 0.25) is 5.91 Å². The maximum Gasteiger partial charge on any atom is 0.389 e. The molecule has 1 N–H and O–H groups in total. The number of hydrogen-bond donors (Lipinski definition) is 1. The van der Waals surface area contributed by atoms with Crippen molar-refractivity contribution < 1.29 is 18.0 Å².